The van der Waals surface area contributed by atoms with Crippen molar-refractivity contribution < 1.29 is 18.7 Å². The first-order chi connectivity index (χ1) is 12.2. The molecular formula is C20H22FNO3. The molecule has 1 amide bonds. The molecule has 0 spiro atoms. The van der Waals surface area contributed by atoms with Gasteiger partial charge in [0, 0.05) is 11.6 Å². The number of anilines is 1. The Balaban J connectivity index is 1.70. The van der Waals surface area contributed by atoms with Crippen molar-refractivity contribution in [2.24, 2.45) is 0 Å². The van der Waals surface area contributed by atoms with E-state index in [1.54, 1.807) is 23.1 Å². The van der Waals surface area contributed by atoms with Gasteiger partial charge in [-0.15, -0.1) is 0 Å². The van der Waals surface area contributed by atoms with E-state index in [0.717, 1.165) is 25.0 Å². The molecule has 5 heteroatoms. The van der Waals surface area contributed by atoms with Crippen molar-refractivity contribution in [3.8, 4) is 11.5 Å². The number of hydrogen-bond acceptors (Lipinski definition) is 3. The van der Waals surface area contributed by atoms with Gasteiger partial charge in [-0.3, -0.25) is 4.79 Å². The number of halogens is 1. The number of fused-ring (bicyclic) bond motifs is 1. The van der Waals surface area contributed by atoms with Gasteiger partial charge in [-0.2, -0.15) is 0 Å². The molecule has 0 bridgehead atoms. The van der Waals surface area contributed by atoms with Crippen LogP contribution in [-0.2, 0) is 0 Å². The Hall–Kier alpha value is -2.56. The number of benzene rings is 2. The number of rotatable bonds is 6. The molecule has 2 aromatic carbocycles. The van der Waals surface area contributed by atoms with Crippen LogP contribution in [0.1, 0.15) is 36.5 Å². The second kappa shape index (κ2) is 8.01. The van der Waals surface area contributed by atoms with Gasteiger partial charge in [0.25, 0.3) is 5.91 Å². The number of carbonyl (C=O) groups excluding carboxylic acids is 1. The van der Waals surface area contributed by atoms with Crippen LogP contribution in [-0.4, -0.2) is 25.7 Å². The largest absolute Gasteiger partial charge is 0.494 e. The predicted octanol–water partition coefficient (Wildman–Crippen LogP) is 4.43. The number of hydrogen-bond donors (Lipinski definition) is 0. The van der Waals surface area contributed by atoms with Crippen molar-refractivity contribution in [1.82, 2.24) is 0 Å². The van der Waals surface area contributed by atoms with Crippen molar-refractivity contribution in [3.63, 3.8) is 0 Å². The van der Waals surface area contributed by atoms with Crippen LogP contribution in [0.15, 0.2) is 42.5 Å². The molecule has 0 atom stereocenters. The van der Waals surface area contributed by atoms with E-state index < -0.39 is 0 Å². The Labute approximate surface area is 147 Å². The van der Waals surface area contributed by atoms with Crippen LogP contribution in [0.5, 0.6) is 11.5 Å². The first-order valence-corrected chi connectivity index (χ1v) is 8.66. The molecule has 132 valence electrons. The van der Waals surface area contributed by atoms with Crippen LogP contribution >= 0.6 is 0 Å². The molecule has 0 saturated heterocycles. The molecule has 1 aliphatic heterocycles. The molecule has 1 heterocycles. The third-order valence-corrected chi connectivity index (χ3v) is 4.15. The Morgan fingerprint density at radius 1 is 1.20 bits per heavy atom. The zero-order chi connectivity index (χ0) is 17.6. The molecule has 25 heavy (non-hydrogen) atoms. The quantitative estimate of drug-likeness (QED) is 0.728. The minimum absolute atomic E-state index is 0.131. The average molecular weight is 343 g/mol. The molecule has 0 fully saturated rings. The number of carbonyl (C=O) groups is 1. The zero-order valence-electron chi connectivity index (χ0n) is 14.3. The van der Waals surface area contributed by atoms with E-state index in [0.29, 0.717) is 36.8 Å². The Morgan fingerprint density at radius 3 is 2.76 bits per heavy atom. The van der Waals surface area contributed by atoms with Crippen molar-refractivity contribution >= 4 is 11.6 Å². The number of unbranched alkanes of at least 4 members (excludes halogenated alkanes) is 2. The van der Waals surface area contributed by atoms with E-state index >= 15 is 0 Å². The maximum atomic E-state index is 13.3. The van der Waals surface area contributed by atoms with Gasteiger partial charge in [0.05, 0.1) is 18.8 Å². The smallest absolute Gasteiger partial charge is 0.258 e. The van der Waals surface area contributed by atoms with Crippen LogP contribution in [0.2, 0.25) is 0 Å². The SMILES string of the molecule is CCCCCOc1ccc(C(=O)N2CCOc3cc(F)ccc32)cc1. The summed E-state index contributed by atoms with van der Waals surface area (Å²) in [4.78, 5) is 14.4. The highest BCUT2D eigenvalue weighted by atomic mass is 19.1. The molecule has 0 N–H and O–H groups in total. The summed E-state index contributed by atoms with van der Waals surface area (Å²) in [6.45, 7) is 3.62. The van der Waals surface area contributed by atoms with E-state index in [4.69, 9.17) is 9.47 Å². The fourth-order valence-corrected chi connectivity index (χ4v) is 2.80. The molecule has 0 radical (unpaired) electrons. The Bertz CT molecular complexity index is 730. The third kappa shape index (κ3) is 4.10. The lowest BCUT2D eigenvalue weighted by Crippen LogP contribution is -2.37. The third-order valence-electron chi connectivity index (χ3n) is 4.15. The highest BCUT2D eigenvalue weighted by molar-refractivity contribution is 6.07. The Kier molecular flexibility index (Phi) is 5.53. The summed E-state index contributed by atoms with van der Waals surface area (Å²) < 4.78 is 24.5. The van der Waals surface area contributed by atoms with Gasteiger partial charge in [-0.1, -0.05) is 19.8 Å². The molecule has 0 saturated carbocycles. The lowest BCUT2D eigenvalue weighted by atomic mass is 10.1. The standard InChI is InChI=1S/C20H22FNO3/c1-2-3-4-12-24-17-8-5-15(6-9-17)20(23)22-11-13-25-19-14-16(21)7-10-18(19)22/h5-10,14H,2-4,11-13H2,1H3. The van der Waals surface area contributed by atoms with Crippen molar-refractivity contribution in [2.45, 2.75) is 26.2 Å². The summed E-state index contributed by atoms with van der Waals surface area (Å²) in [6.07, 6.45) is 3.33. The van der Waals surface area contributed by atoms with Gasteiger partial charge in [0.15, 0.2) is 0 Å². The van der Waals surface area contributed by atoms with Crippen LogP contribution in [0.4, 0.5) is 10.1 Å². The number of amides is 1. The summed E-state index contributed by atoms with van der Waals surface area (Å²) >= 11 is 0. The first kappa shape index (κ1) is 17.3. The highest BCUT2D eigenvalue weighted by Gasteiger charge is 2.25. The molecule has 3 rings (SSSR count). The minimum atomic E-state index is -0.377. The number of nitrogens with zero attached hydrogens (tertiary/aromatic N) is 1. The summed E-state index contributed by atoms with van der Waals surface area (Å²) in [6, 6.07) is 11.4. The summed E-state index contributed by atoms with van der Waals surface area (Å²) in [5, 5.41) is 0. The lowest BCUT2D eigenvalue weighted by Gasteiger charge is -2.29. The van der Waals surface area contributed by atoms with Crippen molar-refractivity contribution in [2.75, 3.05) is 24.7 Å². The fourth-order valence-electron chi connectivity index (χ4n) is 2.80. The summed E-state index contributed by atoms with van der Waals surface area (Å²) in [5.74, 6) is 0.652. The van der Waals surface area contributed by atoms with E-state index in [9.17, 15) is 9.18 Å². The van der Waals surface area contributed by atoms with Gasteiger partial charge < -0.3 is 14.4 Å². The van der Waals surface area contributed by atoms with E-state index in [2.05, 4.69) is 6.92 Å². The highest BCUT2D eigenvalue weighted by Crippen LogP contribution is 2.33. The zero-order valence-corrected chi connectivity index (χ0v) is 14.3. The molecule has 0 aromatic heterocycles. The van der Waals surface area contributed by atoms with Gasteiger partial charge >= 0.3 is 0 Å². The second-order valence-electron chi connectivity index (χ2n) is 6.00. The average Bonchev–Trinajstić information content (AvgIpc) is 2.64. The van der Waals surface area contributed by atoms with Gasteiger partial charge in [-0.25, -0.2) is 4.39 Å². The first-order valence-electron chi connectivity index (χ1n) is 8.66. The maximum absolute atomic E-state index is 13.3. The predicted molar refractivity (Wildman–Crippen MR) is 95.0 cm³/mol. The second-order valence-corrected chi connectivity index (χ2v) is 6.00. The minimum Gasteiger partial charge on any atom is -0.494 e. The summed E-state index contributed by atoms with van der Waals surface area (Å²) in [7, 11) is 0. The monoisotopic (exact) mass is 343 g/mol. The Morgan fingerprint density at radius 2 is 2.00 bits per heavy atom. The van der Waals surface area contributed by atoms with Crippen LogP contribution in [0.25, 0.3) is 0 Å². The fraction of sp³-hybridized carbons (Fsp3) is 0.350. The van der Waals surface area contributed by atoms with E-state index in [-0.39, 0.29) is 11.7 Å². The van der Waals surface area contributed by atoms with E-state index in [1.165, 1.54) is 12.1 Å². The van der Waals surface area contributed by atoms with Crippen LogP contribution in [0, 0.1) is 5.82 Å². The van der Waals surface area contributed by atoms with Gasteiger partial charge in [0.2, 0.25) is 0 Å². The van der Waals surface area contributed by atoms with Crippen LogP contribution in [0.3, 0.4) is 0 Å². The molecule has 0 unspecified atom stereocenters. The molecule has 4 nitrogen and oxygen atoms in total. The molecule has 2 aromatic rings. The topological polar surface area (TPSA) is 38.8 Å². The summed E-state index contributed by atoms with van der Waals surface area (Å²) in [5.41, 5.74) is 1.16. The van der Waals surface area contributed by atoms with Crippen molar-refractivity contribution in [1.29, 1.82) is 0 Å². The normalized spacial score (nSPS) is 13.1. The van der Waals surface area contributed by atoms with E-state index in [1.807, 2.05) is 12.1 Å². The van der Waals surface area contributed by atoms with Crippen molar-refractivity contribution in [3.05, 3.63) is 53.8 Å². The molecule has 0 aliphatic carbocycles. The molecule has 1 aliphatic rings. The number of ether oxygens (including phenoxy) is 2. The molecular weight excluding hydrogens is 321 g/mol. The van der Waals surface area contributed by atoms with Crippen LogP contribution < -0.4 is 14.4 Å². The van der Waals surface area contributed by atoms with Gasteiger partial charge in [0.1, 0.15) is 23.9 Å². The van der Waals surface area contributed by atoms with Gasteiger partial charge in [-0.05, 0) is 42.8 Å². The maximum Gasteiger partial charge on any atom is 0.258 e. The lowest BCUT2D eigenvalue weighted by molar-refractivity contribution is 0.0976.